The maximum absolute atomic E-state index is 13.5. The number of fused-ring (bicyclic) bond motifs is 1. The van der Waals surface area contributed by atoms with Crippen LogP contribution in [0.1, 0.15) is 48.2 Å². The van der Waals surface area contributed by atoms with Crippen LogP contribution in [0.4, 0.5) is 28.4 Å². The van der Waals surface area contributed by atoms with E-state index in [1.807, 2.05) is 0 Å². The van der Waals surface area contributed by atoms with Crippen LogP contribution in [0.5, 0.6) is 0 Å². The number of aryl methyl sites for hydroxylation is 2. The van der Waals surface area contributed by atoms with Crippen LogP contribution in [0.2, 0.25) is 0 Å². The zero-order chi connectivity index (χ0) is 27.4. The molecule has 2 aromatic rings. The van der Waals surface area contributed by atoms with Crippen LogP contribution in [-0.2, 0) is 34.7 Å². The van der Waals surface area contributed by atoms with Crippen molar-refractivity contribution in [2.24, 2.45) is 13.0 Å². The number of carbonyl (C=O) groups is 1. The van der Waals surface area contributed by atoms with Gasteiger partial charge in [-0.15, -0.1) is 11.3 Å². The number of carbonyl (C=O) groups excluding carboxylic acids is 1. The molecule has 3 atom stereocenters. The molecule has 38 heavy (non-hydrogen) atoms. The summed E-state index contributed by atoms with van der Waals surface area (Å²) in [5.74, 6) is -1.10. The smallest absolute Gasteiger partial charge is 0.282 e. The number of amides is 1. The average Bonchev–Trinajstić information content (AvgIpc) is 3.26. The van der Waals surface area contributed by atoms with E-state index >= 15 is 0 Å². The van der Waals surface area contributed by atoms with Crippen LogP contribution in [0.3, 0.4) is 0 Å². The van der Waals surface area contributed by atoms with E-state index in [-0.39, 0.29) is 52.6 Å². The fraction of sp³-hybridized carbons (Fsp3) is 0.591. The summed E-state index contributed by atoms with van der Waals surface area (Å²) in [5, 5.41) is 12.5. The number of alkyl halides is 4. The minimum Gasteiger partial charge on any atom is -0.359 e. The van der Waals surface area contributed by atoms with Gasteiger partial charge in [0.2, 0.25) is 15.9 Å². The number of thiocarbonyl (C=S) groups is 1. The Morgan fingerprint density at radius 2 is 1.92 bits per heavy atom. The highest BCUT2D eigenvalue weighted by molar-refractivity contribution is 7.90. The van der Waals surface area contributed by atoms with E-state index in [1.54, 1.807) is 0 Å². The van der Waals surface area contributed by atoms with Crippen molar-refractivity contribution in [2.75, 3.05) is 10.6 Å². The van der Waals surface area contributed by atoms with Gasteiger partial charge in [-0.2, -0.15) is 5.10 Å². The SMILES string of the molecule is Cn1nc(C(F)F)cc1NC(=S)N[C@H]1CCc2sc(NC(=O)[C@H]3C[C@@H]3F)c(S(=O)(=O)NC3CC(F)C3)c2C1. The summed E-state index contributed by atoms with van der Waals surface area (Å²) in [6.07, 6.45) is -3.46. The zero-order valence-corrected chi connectivity index (χ0v) is 22.6. The highest BCUT2D eigenvalue weighted by atomic mass is 32.2. The predicted octanol–water partition coefficient (Wildman–Crippen LogP) is 3.34. The molecule has 16 heteroatoms. The Hall–Kier alpha value is -2.30. The molecule has 0 unspecified atom stereocenters. The van der Waals surface area contributed by atoms with Crippen LogP contribution in [0.25, 0.3) is 0 Å². The maximum atomic E-state index is 13.5. The van der Waals surface area contributed by atoms with Crippen LogP contribution < -0.4 is 20.7 Å². The molecule has 0 aliphatic heterocycles. The number of halogens is 4. The minimum absolute atomic E-state index is 0.0737. The molecule has 0 spiro atoms. The first-order chi connectivity index (χ1) is 17.9. The molecule has 2 saturated carbocycles. The molecule has 2 fully saturated rings. The topological polar surface area (TPSA) is 117 Å². The quantitative estimate of drug-likeness (QED) is 0.274. The summed E-state index contributed by atoms with van der Waals surface area (Å²) in [7, 11) is -2.63. The molecule has 3 aliphatic rings. The summed E-state index contributed by atoms with van der Waals surface area (Å²) < 4.78 is 83.3. The summed E-state index contributed by atoms with van der Waals surface area (Å²) in [6, 6.07) is 0.348. The van der Waals surface area contributed by atoms with Crippen molar-refractivity contribution in [1.82, 2.24) is 19.8 Å². The number of nitrogens with one attached hydrogen (secondary N) is 4. The number of aromatic nitrogens is 2. The van der Waals surface area contributed by atoms with E-state index in [9.17, 15) is 30.8 Å². The lowest BCUT2D eigenvalue weighted by Gasteiger charge is -2.30. The number of sulfonamides is 1. The normalized spacial score (nSPS) is 26.4. The van der Waals surface area contributed by atoms with Gasteiger partial charge in [-0.25, -0.2) is 30.7 Å². The molecular weight excluding hydrogens is 568 g/mol. The van der Waals surface area contributed by atoms with Gasteiger partial charge in [0.1, 0.15) is 33.8 Å². The van der Waals surface area contributed by atoms with Gasteiger partial charge in [0.15, 0.2) is 5.11 Å². The number of rotatable bonds is 8. The van der Waals surface area contributed by atoms with Crippen molar-refractivity contribution in [3.63, 3.8) is 0 Å². The lowest BCUT2D eigenvalue weighted by atomic mass is 9.92. The fourth-order valence-electron chi connectivity index (χ4n) is 4.66. The van der Waals surface area contributed by atoms with Crippen molar-refractivity contribution in [2.45, 2.75) is 74.3 Å². The summed E-state index contributed by atoms with van der Waals surface area (Å²) >= 11 is 6.49. The second-order valence-corrected chi connectivity index (χ2v) is 13.0. The van der Waals surface area contributed by atoms with Gasteiger partial charge in [-0.3, -0.25) is 9.48 Å². The molecule has 2 heterocycles. The number of anilines is 2. The van der Waals surface area contributed by atoms with E-state index in [0.29, 0.717) is 18.4 Å². The Labute approximate surface area is 225 Å². The fourth-order valence-corrected chi connectivity index (χ4v) is 8.17. The summed E-state index contributed by atoms with van der Waals surface area (Å²) in [4.78, 5) is 13.2. The molecule has 208 valence electrons. The van der Waals surface area contributed by atoms with Crippen LogP contribution in [0, 0.1) is 5.92 Å². The molecule has 4 N–H and O–H groups in total. The largest absolute Gasteiger partial charge is 0.359 e. The number of nitrogens with zero attached hydrogens (tertiary/aromatic N) is 2. The number of hydrogen-bond acceptors (Lipinski definition) is 6. The van der Waals surface area contributed by atoms with Crippen molar-refractivity contribution < 1.29 is 30.8 Å². The van der Waals surface area contributed by atoms with E-state index in [0.717, 1.165) is 16.2 Å². The Morgan fingerprint density at radius 1 is 1.21 bits per heavy atom. The molecule has 3 aliphatic carbocycles. The van der Waals surface area contributed by atoms with Gasteiger partial charge in [0, 0.05) is 30.1 Å². The van der Waals surface area contributed by atoms with Crippen LogP contribution in [0.15, 0.2) is 11.0 Å². The van der Waals surface area contributed by atoms with Crippen molar-refractivity contribution in [1.29, 1.82) is 0 Å². The molecule has 2 aromatic heterocycles. The van der Waals surface area contributed by atoms with Gasteiger partial charge in [-0.1, -0.05) is 0 Å². The molecule has 0 bridgehead atoms. The predicted molar refractivity (Wildman–Crippen MR) is 138 cm³/mol. The van der Waals surface area contributed by atoms with Gasteiger partial charge >= 0.3 is 0 Å². The maximum Gasteiger partial charge on any atom is 0.282 e. The van der Waals surface area contributed by atoms with Crippen molar-refractivity contribution in [3.8, 4) is 0 Å². The van der Waals surface area contributed by atoms with Gasteiger partial charge in [0.05, 0.1) is 5.92 Å². The third-order valence-corrected chi connectivity index (χ3v) is 10.1. The lowest BCUT2D eigenvalue weighted by Crippen LogP contribution is -2.45. The number of hydrogen-bond donors (Lipinski definition) is 4. The number of thiophene rings is 1. The summed E-state index contributed by atoms with van der Waals surface area (Å²) in [5.41, 5.74) is 0.111. The molecular formula is C22H26F4N6O3S3. The van der Waals surface area contributed by atoms with E-state index < -0.39 is 52.4 Å². The average molecular weight is 595 g/mol. The first-order valence-corrected chi connectivity index (χ1v) is 14.8. The highest BCUT2D eigenvalue weighted by Gasteiger charge is 2.45. The molecule has 1 amide bonds. The molecule has 9 nitrogen and oxygen atoms in total. The highest BCUT2D eigenvalue weighted by Crippen LogP contribution is 2.43. The van der Waals surface area contributed by atoms with Gasteiger partial charge in [0.25, 0.3) is 6.43 Å². The Balaban J connectivity index is 1.34. The minimum atomic E-state index is -4.12. The van der Waals surface area contributed by atoms with Crippen molar-refractivity contribution in [3.05, 3.63) is 22.2 Å². The molecule has 0 aromatic carbocycles. The summed E-state index contributed by atoms with van der Waals surface area (Å²) in [6.45, 7) is 0. The zero-order valence-electron chi connectivity index (χ0n) is 20.1. The first kappa shape index (κ1) is 27.3. The van der Waals surface area contributed by atoms with Crippen LogP contribution in [-0.4, -0.2) is 53.6 Å². The Kier molecular flexibility index (Phi) is 7.43. The molecule has 0 saturated heterocycles. The van der Waals surface area contributed by atoms with Crippen molar-refractivity contribution >= 4 is 55.4 Å². The van der Waals surface area contributed by atoms with E-state index in [4.69, 9.17) is 12.2 Å². The Morgan fingerprint density at radius 3 is 2.53 bits per heavy atom. The second kappa shape index (κ2) is 10.4. The monoisotopic (exact) mass is 594 g/mol. The third-order valence-electron chi connectivity index (χ3n) is 6.87. The van der Waals surface area contributed by atoms with E-state index in [1.165, 1.54) is 17.8 Å². The molecule has 5 rings (SSSR count). The Bertz CT molecular complexity index is 1360. The first-order valence-electron chi connectivity index (χ1n) is 12.1. The van der Waals surface area contributed by atoms with Crippen LogP contribution >= 0.6 is 23.6 Å². The second-order valence-electron chi connectivity index (χ2n) is 9.81. The van der Waals surface area contributed by atoms with Gasteiger partial charge < -0.3 is 16.0 Å². The van der Waals surface area contributed by atoms with E-state index in [2.05, 4.69) is 25.8 Å². The third kappa shape index (κ3) is 5.67. The lowest BCUT2D eigenvalue weighted by molar-refractivity contribution is -0.117. The molecule has 0 radical (unpaired) electrons. The van der Waals surface area contributed by atoms with Gasteiger partial charge in [-0.05, 0) is 56.3 Å². The standard InChI is InChI=1S/C22H26F4N6O3S3/c1-32-17(8-15(30-32)19(25)26)28-22(36)27-10-2-3-16-13(6-10)18(38(34,35)31-11-4-9(23)5-11)21(37-16)29-20(33)12-7-14(12)24/h8-12,14,19,31H,2-7H2,1H3,(H,29,33)(H2,27,28,36)/t9?,10-,11?,12-,14-/m0/s1.